The molecule has 3 aromatic carbocycles. The third-order valence-corrected chi connectivity index (χ3v) is 7.41. The number of ether oxygens (including phenoxy) is 2. The molecule has 1 saturated heterocycles. The molecule has 41 heavy (non-hydrogen) atoms. The summed E-state index contributed by atoms with van der Waals surface area (Å²) in [4.78, 5) is 30.9. The maximum atomic E-state index is 13.7. The minimum atomic E-state index is -0.587. The first-order chi connectivity index (χ1) is 19.7. The van der Waals surface area contributed by atoms with Gasteiger partial charge in [-0.05, 0) is 49.6 Å². The van der Waals surface area contributed by atoms with Gasteiger partial charge in [0.1, 0.15) is 5.60 Å². The normalized spacial score (nSPS) is 16.9. The van der Waals surface area contributed by atoms with Crippen molar-refractivity contribution in [2.24, 2.45) is 0 Å². The van der Waals surface area contributed by atoms with Crippen LogP contribution in [0.5, 0.6) is 0 Å². The topological polar surface area (TPSA) is 71.1 Å². The molecule has 0 aliphatic carbocycles. The molecule has 4 rings (SSSR count). The van der Waals surface area contributed by atoms with Crippen molar-refractivity contribution in [3.05, 3.63) is 83.9 Å². The van der Waals surface area contributed by atoms with E-state index in [9.17, 15) is 9.59 Å². The monoisotopic (exact) mass is 559 g/mol. The van der Waals surface area contributed by atoms with E-state index < -0.39 is 11.7 Å². The molecule has 0 aromatic heterocycles. The Labute approximate surface area is 244 Å². The van der Waals surface area contributed by atoms with Crippen LogP contribution in [0.4, 0.5) is 4.79 Å². The Morgan fingerprint density at radius 3 is 2.46 bits per heavy atom. The van der Waals surface area contributed by atoms with Crippen LogP contribution >= 0.6 is 0 Å². The second-order valence-corrected chi connectivity index (χ2v) is 11.9. The average Bonchev–Trinajstić information content (AvgIpc) is 2.95. The van der Waals surface area contributed by atoms with Gasteiger partial charge in [-0.15, -0.1) is 0 Å². The van der Waals surface area contributed by atoms with Gasteiger partial charge in [0.2, 0.25) is 0 Å². The SMILES string of the molecule is CCCCC1CN(C(=O)c2cccc3ccccc23)CCN1CC(COCc1ccccc1)NC(=O)OC(C)(C)C. The highest BCUT2D eigenvalue weighted by atomic mass is 16.6. The molecule has 220 valence electrons. The van der Waals surface area contributed by atoms with Crippen molar-refractivity contribution < 1.29 is 19.1 Å². The van der Waals surface area contributed by atoms with Gasteiger partial charge in [0.05, 0.1) is 19.3 Å². The van der Waals surface area contributed by atoms with Crippen molar-refractivity contribution in [1.82, 2.24) is 15.1 Å². The minimum absolute atomic E-state index is 0.0811. The zero-order valence-corrected chi connectivity index (χ0v) is 25.0. The van der Waals surface area contributed by atoms with Gasteiger partial charge < -0.3 is 19.7 Å². The van der Waals surface area contributed by atoms with Crippen LogP contribution in [0, 0.1) is 0 Å². The van der Waals surface area contributed by atoms with Crippen molar-refractivity contribution in [2.45, 2.75) is 71.2 Å². The molecule has 1 heterocycles. The quantitative estimate of drug-likeness (QED) is 0.300. The first-order valence-corrected chi connectivity index (χ1v) is 14.9. The summed E-state index contributed by atoms with van der Waals surface area (Å²) in [5.74, 6) is 0.0811. The van der Waals surface area contributed by atoms with E-state index in [4.69, 9.17) is 9.47 Å². The fraction of sp³-hybridized carbons (Fsp3) is 0.471. The minimum Gasteiger partial charge on any atom is -0.444 e. The summed E-state index contributed by atoms with van der Waals surface area (Å²) in [5, 5.41) is 5.12. The van der Waals surface area contributed by atoms with Crippen LogP contribution in [0.25, 0.3) is 10.8 Å². The zero-order valence-electron chi connectivity index (χ0n) is 25.0. The van der Waals surface area contributed by atoms with Crippen molar-refractivity contribution in [3.8, 4) is 0 Å². The van der Waals surface area contributed by atoms with Crippen LogP contribution in [0.3, 0.4) is 0 Å². The maximum absolute atomic E-state index is 13.7. The van der Waals surface area contributed by atoms with E-state index in [1.807, 2.05) is 98.5 Å². The summed E-state index contributed by atoms with van der Waals surface area (Å²) in [6.45, 7) is 11.3. The predicted molar refractivity (Wildman–Crippen MR) is 164 cm³/mol. The highest BCUT2D eigenvalue weighted by Crippen LogP contribution is 2.23. The highest BCUT2D eigenvalue weighted by molar-refractivity contribution is 6.07. The van der Waals surface area contributed by atoms with Gasteiger partial charge in [-0.1, -0.05) is 86.5 Å². The van der Waals surface area contributed by atoms with Gasteiger partial charge in [-0.2, -0.15) is 0 Å². The molecule has 2 unspecified atom stereocenters. The first kappa shape index (κ1) is 30.5. The number of benzene rings is 3. The van der Waals surface area contributed by atoms with Crippen LogP contribution in [0.2, 0.25) is 0 Å². The number of amides is 2. The molecular weight excluding hydrogens is 514 g/mol. The third-order valence-electron chi connectivity index (χ3n) is 7.41. The number of hydrogen-bond acceptors (Lipinski definition) is 5. The van der Waals surface area contributed by atoms with Gasteiger partial charge >= 0.3 is 6.09 Å². The van der Waals surface area contributed by atoms with Crippen molar-refractivity contribution in [3.63, 3.8) is 0 Å². The van der Waals surface area contributed by atoms with Crippen molar-refractivity contribution >= 4 is 22.8 Å². The lowest BCUT2D eigenvalue weighted by Crippen LogP contribution is -2.58. The summed E-state index contributed by atoms with van der Waals surface area (Å²) in [6, 6.07) is 24.0. The third kappa shape index (κ3) is 9.03. The van der Waals surface area contributed by atoms with Gasteiger partial charge in [0, 0.05) is 37.8 Å². The number of nitrogens with zero attached hydrogens (tertiary/aromatic N) is 2. The van der Waals surface area contributed by atoms with E-state index in [2.05, 4.69) is 17.1 Å². The number of rotatable bonds is 11. The number of hydrogen-bond donors (Lipinski definition) is 1. The first-order valence-electron chi connectivity index (χ1n) is 14.9. The van der Waals surface area contributed by atoms with Gasteiger partial charge in [-0.25, -0.2) is 4.79 Å². The summed E-state index contributed by atoms with van der Waals surface area (Å²) in [7, 11) is 0. The number of nitrogens with one attached hydrogen (secondary N) is 1. The fourth-order valence-electron chi connectivity index (χ4n) is 5.40. The second-order valence-electron chi connectivity index (χ2n) is 11.9. The van der Waals surface area contributed by atoms with Gasteiger partial charge in [-0.3, -0.25) is 9.69 Å². The predicted octanol–water partition coefficient (Wildman–Crippen LogP) is 6.27. The largest absolute Gasteiger partial charge is 0.444 e. The number of piperazine rings is 1. The Morgan fingerprint density at radius 1 is 0.976 bits per heavy atom. The summed E-state index contributed by atoms with van der Waals surface area (Å²) in [6.07, 6.45) is 2.70. The molecule has 7 nitrogen and oxygen atoms in total. The van der Waals surface area contributed by atoms with E-state index in [1.54, 1.807) is 0 Å². The summed E-state index contributed by atoms with van der Waals surface area (Å²) < 4.78 is 11.6. The molecule has 1 aliphatic heterocycles. The molecule has 0 saturated carbocycles. The number of unbranched alkanes of at least 4 members (excludes halogenated alkanes) is 1. The lowest BCUT2D eigenvalue weighted by Gasteiger charge is -2.43. The van der Waals surface area contributed by atoms with E-state index in [1.165, 1.54) is 0 Å². The highest BCUT2D eigenvalue weighted by Gasteiger charge is 2.32. The standard InChI is InChI=1S/C34H45N3O4/c1-5-6-17-29-23-37(32(38)31-19-12-16-27-15-10-11-18-30(27)31)21-20-36(29)22-28(35-33(39)41-34(2,3)4)25-40-24-26-13-8-7-9-14-26/h7-16,18-19,28-29H,5-6,17,20-25H2,1-4H3,(H,35,39). The molecule has 2 atom stereocenters. The van der Waals surface area contributed by atoms with Gasteiger partial charge in [0.15, 0.2) is 0 Å². The molecule has 7 heteroatoms. The molecule has 0 radical (unpaired) electrons. The van der Waals surface area contributed by atoms with E-state index in [-0.39, 0.29) is 18.0 Å². The number of carbonyl (C=O) groups excluding carboxylic acids is 2. The Kier molecular flexibility index (Phi) is 10.8. The van der Waals surface area contributed by atoms with Crippen LogP contribution < -0.4 is 5.32 Å². The Bertz CT molecular complexity index is 1270. The molecule has 1 aliphatic rings. The van der Waals surface area contributed by atoms with E-state index in [0.717, 1.165) is 47.7 Å². The molecule has 0 bridgehead atoms. The number of alkyl carbamates (subject to hydrolysis) is 1. The van der Waals surface area contributed by atoms with Crippen LogP contribution in [-0.4, -0.2) is 72.3 Å². The average molecular weight is 560 g/mol. The van der Waals surface area contributed by atoms with E-state index >= 15 is 0 Å². The summed E-state index contributed by atoms with van der Waals surface area (Å²) in [5.41, 5.74) is 1.26. The van der Waals surface area contributed by atoms with Crippen LogP contribution in [0.1, 0.15) is 62.9 Å². The van der Waals surface area contributed by atoms with E-state index in [0.29, 0.717) is 32.8 Å². The fourth-order valence-corrected chi connectivity index (χ4v) is 5.40. The molecule has 0 spiro atoms. The van der Waals surface area contributed by atoms with Crippen molar-refractivity contribution in [2.75, 3.05) is 32.8 Å². The van der Waals surface area contributed by atoms with Crippen molar-refractivity contribution in [1.29, 1.82) is 0 Å². The molecule has 2 amide bonds. The molecule has 1 N–H and O–H groups in total. The molecular formula is C34H45N3O4. The zero-order chi connectivity index (χ0) is 29.2. The van der Waals surface area contributed by atoms with Crippen LogP contribution in [0.15, 0.2) is 72.8 Å². The van der Waals surface area contributed by atoms with Crippen LogP contribution in [-0.2, 0) is 16.1 Å². The Hall–Kier alpha value is -3.42. The molecule has 1 fully saturated rings. The van der Waals surface area contributed by atoms with Gasteiger partial charge in [0.25, 0.3) is 5.91 Å². The number of carbonyl (C=O) groups is 2. The Morgan fingerprint density at radius 2 is 1.71 bits per heavy atom. The molecule has 3 aromatic rings. The lowest BCUT2D eigenvalue weighted by atomic mass is 10.0. The maximum Gasteiger partial charge on any atom is 0.407 e. The number of fused-ring (bicyclic) bond motifs is 1. The smallest absolute Gasteiger partial charge is 0.407 e. The second kappa shape index (κ2) is 14.5. The lowest BCUT2D eigenvalue weighted by molar-refractivity contribution is 0.0236. The Balaban J connectivity index is 1.45. The summed E-state index contributed by atoms with van der Waals surface area (Å²) >= 11 is 0.